The normalized spacial score (nSPS) is 12.7. The van der Waals surface area contributed by atoms with E-state index < -0.39 is 0 Å². The quantitative estimate of drug-likeness (QED) is 0.365. The number of rotatable bonds is 6. The van der Waals surface area contributed by atoms with Gasteiger partial charge in [0.25, 0.3) is 0 Å². The highest BCUT2D eigenvalue weighted by atomic mass is 15.2. The van der Waals surface area contributed by atoms with Crippen LogP contribution in [0, 0.1) is 0 Å². The van der Waals surface area contributed by atoms with E-state index in [1.54, 1.807) is 7.05 Å². The second-order valence-electron chi connectivity index (χ2n) is 4.96. The molecule has 0 radical (unpaired) electrons. The Morgan fingerprint density at radius 3 is 2.19 bits per heavy atom. The number of guanidine groups is 1. The molecule has 0 fully saturated rings. The van der Waals surface area contributed by atoms with Gasteiger partial charge in [0.2, 0.25) is 0 Å². The highest BCUT2D eigenvalue weighted by Crippen LogP contribution is 1.96. The molecule has 0 amide bonds. The molecule has 3 N–H and O–H groups in total. The van der Waals surface area contributed by atoms with Crippen molar-refractivity contribution in [3.05, 3.63) is 0 Å². The Hall–Kier alpha value is -0.770. The first-order chi connectivity index (χ1) is 7.49. The zero-order valence-electron chi connectivity index (χ0n) is 11.5. The number of hydrogen-bond donors (Lipinski definition) is 3. The third-order valence-electron chi connectivity index (χ3n) is 2.12. The Morgan fingerprint density at radius 1 is 1.06 bits per heavy atom. The van der Waals surface area contributed by atoms with Gasteiger partial charge in [-0.25, -0.2) is 0 Å². The molecule has 0 aliphatic carbocycles. The van der Waals surface area contributed by atoms with Crippen molar-refractivity contribution in [2.75, 3.05) is 26.7 Å². The van der Waals surface area contributed by atoms with Gasteiger partial charge in [0.15, 0.2) is 5.96 Å². The van der Waals surface area contributed by atoms with Crippen LogP contribution < -0.4 is 16.0 Å². The molecule has 0 aromatic heterocycles. The third kappa shape index (κ3) is 9.77. The molecule has 0 unspecified atom stereocenters. The summed E-state index contributed by atoms with van der Waals surface area (Å²) < 4.78 is 0. The highest BCUT2D eigenvalue weighted by Gasteiger charge is 2.07. The van der Waals surface area contributed by atoms with Crippen LogP contribution in [0.5, 0.6) is 0 Å². The lowest BCUT2D eigenvalue weighted by molar-refractivity contribution is 0.428. The number of hydrogen-bond acceptors (Lipinski definition) is 2. The molecule has 0 aliphatic rings. The summed E-state index contributed by atoms with van der Waals surface area (Å²) in [5.41, 5.74) is 0.181. The molecule has 0 aromatic carbocycles. The largest absolute Gasteiger partial charge is 0.356 e. The summed E-state index contributed by atoms with van der Waals surface area (Å²) in [5.74, 6) is 0.893. The van der Waals surface area contributed by atoms with Crippen LogP contribution >= 0.6 is 0 Å². The summed E-state index contributed by atoms with van der Waals surface area (Å²) >= 11 is 0. The van der Waals surface area contributed by atoms with E-state index >= 15 is 0 Å². The van der Waals surface area contributed by atoms with Crippen molar-refractivity contribution >= 4 is 5.96 Å². The number of nitrogens with one attached hydrogen (secondary N) is 3. The molecule has 0 spiro atoms. The molecule has 0 aromatic rings. The van der Waals surface area contributed by atoms with Crippen molar-refractivity contribution in [1.29, 1.82) is 0 Å². The van der Waals surface area contributed by atoms with Gasteiger partial charge in [-0.15, -0.1) is 0 Å². The number of nitrogens with zero attached hydrogens (tertiary/aromatic N) is 1. The van der Waals surface area contributed by atoms with Crippen molar-refractivity contribution in [2.45, 2.75) is 46.1 Å². The Kier molecular flexibility index (Phi) is 7.99. The van der Waals surface area contributed by atoms with Crippen molar-refractivity contribution in [2.24, 2.45) is 4.99 Å². The van der Waals surface area contributed by atoms with Gasteiger partial charge in [0.05, 0.1) is 0 Å². The summed E-state index contributed by atoms with van der Waals surface area (Å²) in [5, 5.41) is 9.98. The Balaban J connectivity index is 3.57. The lowest BCUT2D eigenvalue weighted by Crippen LogP contribution is -2.44. The molecule has 4 nitrogen and oxygen atoms in total. The van der Waals surface area contributed by atoms with Crippen molar-refractivity contribution < 1.29 is 0 Å². The Morgan fingerprint density at radius 2 is 1.69 bits per heavy atom. The van der Waals surface area contributed by atoms with Crippen molar-refractivity contribution in [3.8, 4) is 0 Å². The molecule has 16 heavy (non-hydrogen) atoms. The van der Waals surface area contributed by atoms with Gasteiger partial charge in [-0.3, -0.25) is 4.99 Å². The molecule has 0 heterocycles. The summed E-state index contributed by atoms with van der Waals surface area (Å²) in [7, 11) is 1.80. The molecule has 0 saturated heterocycles. The van der Waals surface area contributed by atoms with Gasteiger partial charge in [-0.1, -0.05) is 13.3 Å². The summed E-state index contributed by atoms with van der Waals surface area (Å²) in [6.45, 7) is 11.5. The predicted octanol–water partition coefficient (Wildman–Crippen LogP) is 1.34. The number of aliphatic imine (C=N–C) groups is 1. The van der Waals surface area contributed by atoms with Crippen molar-refractivity contribution in [3.63, 3.8) is 0 Å². The lowest BCUT2D eigenvalue weighted by Gasteiger charge is -2.21. The smallest absolute Gasteiger partial charge is 0.191 e. The lowest BCUT2D eigenvalue weighted by atomic mass is 10.1. The first kappa shape index (κ1) is 15.2. The van der Waals surface area contributed by atoms with Gasteiger partial charge < -0.3 is 16.0 Å². The minimum absolute atomic E-state index is 0.181. The van der Waals surface area contributed by atoms with Gasteiger partial charge >= 0.3 is 0 Å². The van der Waals surface area contributed by atoms with Gasteiger partial charge in [0, 0.05) is 32.2 Å². The minimum atomic E-state index is 0.181. The fraction of sp³-hybridized carbons (Fsp3) is 0.917. The summed E-state index contributed by atoms with van der Waals surface area (Å²) in [6, 6.07) is 0. The molecule has 0 atom stereocenters. The monoisotopic (exact) mass is 228 g/mol. The van der Waals surface area contributed by atoms with Crippen molar-refractivity contribution in [1.82, 2.24) is 16.0 Å². The molecule has 0 bridgehead atoms. The van der Waals surface area contributed by atoms with Gasteiger partial charge in [0.1, 0.15) is 0 Å². The SMILES string of the molecule is CCCCNC(=NC)NCCNC(C)(C)C. The third-order valence-corrected chi connectivity index (χ3v) is 2.12. The molecule has 0 aliphatic heterocycles. The van der Waals surface area contributed by atoms with E-state index in [0.717, 1.165) is 25.6 Å². The van der Waals surface area contributed by atoms with Crippen LogP contribution in [-0.4, -0.2) is 38.2 Å². The maximum atomic E-state index is 4.16. The van der Waals surface area contributed by atoms with Crippen LogP contribution in [0.2, 0.25) is 0 Å². The van der Waals surface area contributed by atoms with Crippen LogP contribution in [0.3, 0.4) is 0 Å². The zero-order chi connectivity index (χ0) is 12.4. The van der Waals surface area contributed by atoms with E-state index in [4.69, 9.17) is 0 Å². The Labute approximate surface area is 100 Å². The minimum Gasteiger partial charge on any atom is -0.356 e. The van der Waals surface area contributed by atoms with E-state index in [1.165, 1.54) is 12.8 Å². The second-order valence-corrected chi connectivity index (χ2v) is 4.96. The van der Waals surface area contributed by atoms with Crippen LogP contribution in [0.15, 0.2) is 4.99 Å². The van der Waals surface area contributed by atoms with Crippen LogP contribution in [0.4, 0.5) is 0 Å². The predicted molar refractivity (Wildman–Crippen MR) is 72.0 cm³/mol. The van der Waals surface area contributed by atoms with E-state index in [2.05, 4.69) is 48.6 Å². The average Bonchev–Trinajstić information content (AvgIpc) is 2.20. The first-order valence-electron chi connectivity index (χ1n) is 6.19. The van der Waals surface area contributed by atoms with Crippen LogP contribution in [-0.2, 0) is 0 Å². The molecular formula is C12H28N4. The molecular weight excluding hydrogens is 200 g/mol. The fourth-order valence-corrected chi connectivity index (χ4v) is 1.22. The van der Waals surface area contributed by atoms with Gasteiger partial charge in [-0.2, -0.15) is 0 Å². The highest BCUT2D eigenvalue weighted by molar-refractivity contribution is 5.79. The average molecular weight is 228 g/mol. The Bertz CT molecular complexity index is 194. The summed E-state index contributed by atoms with van der Waals surface area (Å²) in [4.78, 5) is 4.16. The maximum Gasteiger partial charge on any atom is 0.191 e. The molecule has 96 valence electrons. The summed E-state index contributed by atoms with van der Waals surface area (Å²) in [6.07, 6.45) is 2.39. The fourth-order valence-electron chi connectivity index (χ4n) is 1.22. The zero-order valence-corrected chi connectivity index (χ0v) is 11.5. The molecule has 4 heteroatoms. The van der Waals surface area contributed by atoms with Gasteiger partial charge in [-0.05, 0) is 27.2 Å². The van der Waals surface area contributed by atoms with E-state index in [9.17, 15) is 0 Å². The van der Waals surface area contributed by atoms with Crippen LogP contribution in [0.1, 0.15) is 40.5 Å². The standard InChI is InChI=1S/C12H28N4/c1-6-7-8-14-11(13-5)15-9-10-16-12(2,3)4/h16H,6-10H2,1-5H3,(H2,13,14,15). The van der Waals surface area contributed by atoms with E-state index in [-0.39, 0.29) is 5.54 Å². The maximum absolute atomic E-state index is 4.16. The first-order valence-corrected chi connectivity index (χ1v) is 6.19. The molecule has 0 saturated carbocycles. The van der Waals surface area contributed by atoms with E-state index in [0.29, 0.717) is 0 Å². The van der Waals surface area contributed by atoms with E-state index in [1.807, 2.05) is 0 Å². The topological polar surface area (TPSA) is 48.5 Å². The second kappa shape index (κ2) is 8.39. The number of unbranched alkanes of at least 4 members (excludes halogenated alkanes) is 1. The van der Waals surface area contributed by atoms with Crippen LogP contribution in [0.25, 0.3) is 0 Å². The molecule has 0 rings (SSSR count).